The smallest absolute Gasteiger partial charge is 0.246 e. The molecule has 4 fully saturated rings. The van der Waals surface area contributed by atoms with E-state index in [1.807, 2.05) is 25.2 Å². The van der Waals surface area contributed by atoms with E-state index >= 15 is 0 Å². The van der Waals surface area contributed by atoms with Crippen LogP contribution in [0.1, 0.15) is 32.1 Å². The van der Waals surface area contributed by atoms with Crippen LogP contribution in [0.2, 0.25) is 0 Å². The highest BCUT2D eigenvalue weighted by atomic mass is 16.5. The van der Waals surface area contributed by atoms with Gasteiger partial charge in [-0.15, -0.1) is 0 Å². The summed E-state index contributed by atoms with van der Waals surface area (Å²) in [6.45, 7) is 7.31. The van der Waals surface area contributed by atoms with Crippen LogP contribution in [0.15, 0.2) is 30.9 Å². The van der Waals surface area contributed by atoms with E-state index in [0.717, 1.165) is 31.5 Å². The van der Waals surface area contributed by atoms with Crippen LogP contribution < -0.4 is 25.0 Å². The van der Waals surface area contributed by atoms with E-state index in [-0.39, 0.29) is 36.2 Å². The van der Waals surface area contributed by atoms with Gasteiger partial charge < -0.3 is 28.9 Å². The minimum atomic E-state index is -1.00. The molecule has 4 aliphatic heterocycles. The number of fused-ring (bicyclic) bond motifs is 2. The minimum absolute atomic E-state index is 0.0289. The van der Waals surface area contributed by atoms with Crippen LogP contribution in [0.4, 0.5) is 5.69 Å². The van der Waals surface area contributed by atoms with E-state index in [4.69, 9.17) is 14.2 Å². The van der Waals surface area contributed by atoms with E-state index in [1.165, 1.54) is 6.08 Å². The second-order valence-corrected chi connectivity index (χ2v) is 12.8. The third kappa shape index (κ3) is 5.56. The van der Waals surface area contributed by atoms with Crippen molar-refractivity contribution in [3.63, 3.8) is 0 Å². The maximum Gasteiger partial charge on any atom is 0.246 e. The van der Waals surface area contributed by atoms with Crippen LogP contribution in [0.25, 0.3) is 0 Å². The summed E-state index contributed by atoms with van der Waals surface area (Å²) in [7, 11) is 5.74. The molecule has 0 radical (unpaired) electrons. The van der Waals surface area contributed by atoms with Gasteiger partial charge in [0.2, 0.25) is 5.91 Å². The quantitative estimate of drug-likeness (QED) is 0.434. The lowest BCUT2D eigenvalue weighted by Crippen LogP contribution is -2.76. The monoisotopic (exact) mass is 607 g/mol. The van der Waals surface area contributed by atoms with Gasteiger partial charge in [0, 0.05) is 38.6 Å². The molecule has 1 aromatic rings. The van der Waals surface area contributed by atoms with E-state index in [2.05, 4.69) is 45.0 Å². The van der Waals surface area contributed by atoms with Crippen molar-refractivity contribution in [2.45, 2.75) is 68.3 Å². The van der Waals surface area contributed by atoms with Crippen molar-refractivity contribution in [3.05, 3.63) is 30.9 Å². The number of ether oxygens (including phenoxy) is 3. The molecule has 2 N–H and O–H groups in total. The Morgan fingerprint density at radius 2 is 2.07 bits per heavy atom. The predicted molar refractivity (Wildman–Crippen MR) is 164 cm³/mol. The Balaban J connectivity index is 1.26. The predicted octanol–water partition coefficient (Wildman–Crippen LogP) is 1.14. The van der Waals surface area contributed by atoms with Gasteiger partial charge in [-0.25, -0.2) is 0 Å². The van der Waals surface area contributed by atoms with Crippen LogP contribution in [-0.2, 0) is 14.3 Å². The molecule has 1 aliphatic carbocycles. The maximum atomic E-state index is 14.6. The second kappa shape index (κ2) is 12.7. The van der Waals surface area contributed by atoms with Crippen molar-refractivity contribution < 1.29 is 23.8 Å². The minimum Gasteiger partial charge on any atom is -0.494 e. The molecule has 6 unspecified atom stereocenters. The molecule has 1 amide bonds. The van der Waals surface area contributed by atoms with E-state index < -0.39 is 18.0 Å². The zero-order valence-corrected chi connectivity index (χ0v) is 26.0. The highest BCUT2D eigenvalue weighted by Gasteiger charge is 2.58. The number of hydrogen-bond donors (Lipinski definition) is 2. The molecule has 4 heterocycles. The summed E-state index contributed by atoms with van der Waals surface area (Å²) in [4.78, 5) is 35.6. The Kier molecular flexibility index (Phi) is 8.86. The number of nitrogens with one attached hydrogen (secondary N) is 2. The first-order valence-electron chi connectivity index (χ1n) is 15.8. The summed E-state index contributed by atoms with van der Waals surface area (Å²) in [5, 5.41) is 16.8. The average Bonchev–Trinajstić information content (AvgIpc) is 3.45. The van der Waals surface area contributed by atoms with Gasteiger partial charge >= 0.3 is 0 Å². The van der Waals surface area contributed by atoms with Crippen molar-refractivity contribution in [1.29, 1.82) is 5.26 Å². The molecule has 238 valence electrons. The van der Waals surface area contributed by atoms with Gasteiger partial charge in [-0.05, 0) is 57.5 Å². The lowest BCUT2D eigenvalue weighted by Gasteiger charge is -2.55. The summed E-state index contributed by atoms with van der Waals surface area (Å²) in [6.07, 6.45) is 4.39. The van der Waals surface area contributed by atoms with Crippen molar-refractivity contribution in [2.75, 3.05) is 65.4 Å². The summed E-state index contributed by atoms with van der Waals surface area (Å²) in [6, 6.07) is 7.52. The third-order valence-electron chi connectivity index (χ3n) is 10.3. The Labute approximate surface area is 259 Å². The molecule has 12 nitrogen and oxygen atoms in total. The number of nitriles is 1. The highest BCUT2D eigenvalue weighted by Crippen LogP contribution is 2.47. The molecule has 1 spiro atoms. The van der Waals surface area contributed by atoms with E-state index in [0.29, 0.717) is 56.7 Å². The topological polar surface area (TPSA) is 123 Å². The number of Topliss-reactive ketones (excluding diaryl/α,β-unsaturated/α-hetero) is 1. The zero-order valence-electron chi connectivity index (χ0n) is 26.0. The Hall–Kier alpha value is -3.21. The van der Waals surface area contributed by atoms with E-state index in [9.17, 15) is 14.9 Å². The molecule has 3 saturated heterocycles. The van der Waals surface area contributed by atoms with Gasteiger partial charge in [-0.2, -0.15) is 5.26 Å². The molecule has 5 aliphatic rings. The maximum absolute atomic E-state index is 14.6. The number of carbonyl (C=O) groups excluding carboxylic acids is 2. The molecule has 7 atom stereocenters. The van der Waals surface area contributed by atoms with Gasteiger partial charge in [-0.1, -0.05) is 12.6 Å². The molecule has 1 aromatic carbocycles. The fraction of sp³-hybridized carbons (Fsp3) is 0.656. The van der Waals surface area contributed by atoms with Crippen LogP contribution >= 0.6 is 0 Å². The van der Waals surface area contributed by atoms with Crippen LogP contribution in [0, 0.1) is 17.2 Å². The molecule has 1 saturated carbocycles. The van der Waals surface area contributed by atoms with Crippen LogP contribution in [0.5, 0.6) is 11.5 Å². The fourth-order valence-electron chi connectivity index (χ4n) is 7.97. The lowest BCUT2D eigenvalue weighted by atomic mass is 9.71. The van der Waals surface area contributed by atoms with Gasteiger partial charge in [0.15, 0.2) is 17.7 Å². The largest absolute Gasteiger partial charge is 0.494 e. The highest BCUT2D eigenvalue weighted by molar-refractivity contribution is 5.95. The first-order valence-corrected chi connectivity index (χ1v) is 15.8. The lowest BCUT2D eigenvalue weighted by molar-refractivity contribution is -0.159. The van der Waals surface area contributed by atoms with Crippen LogP contribution in [0.3, 0.4) is 0 Å². The van der Waals surface area contributed by atoms with Crippen molar-refractivity contribution in [3.8, 4) is 17.6 Å². The number of amides is 1. The summed E-state index contributed by atoms with van der Waals surface area (Å²) < 4.78 is 18.7. The first kappa shape index (κ1) is 30.8. The molecule has 6 rings (SSSR count). The number of likely N-dealkylation sites (N-methyl/N-ethyl adjacent to an activating group) is 2. The average molecular weight is 608 g/mol. The van der Waals surface area contributed by atoms with Crippen LogP contribution in [-0.4, -0.2) is 123 Å². The second-order valence-electron chi connectivity index (χ2n) is 12.8. The number of para-hydroxylation sites is 1. The number of rotatable bonds is 7. The summed E-state index contributed by atoms with van der Waals surface area (Å²) >= 11 is 0. The molecular weight excluding hydrogens is 562 g/mol. The number of benzene rings is 1. The molecular formula is C32H45N7O5. The number of carbonyl (C=O) groups is 2. The third-order valence-corrected chi connectivity index (χ3v) is 10.3. The van der Waals surface area contributed by atoms with Gasteiger partial charge in [0.25, 0.3) is 0 Å². The van der Waals surface area contributed by atoms with Gasteiger partial charge in [0.1, 0.15) is 17.2 Å². The number of nitrogens with zero attached hydrogens (tertiary/aromatic N) is 5. The van der Waals surface area contributed by atoms with Crippen molar-refractivity contribution in [2.24, 2.45) is 5.92 Å². The molecule has 0 bridgehead atoms. The number of likely N-dealkylation sites (tertiary alicyclic amines) is 1. The Morgan fingerprint density at radius 1 is 1.23 bits per heavy atom. The van der Waals surface area contributed by atoms with Crippen molar-refractivity contribution in [1.82, 2.24) is 25.3 Å². The number of anilines is 1. The van der Waals surface area contributed by atoms with E-state index in [1.54, 1.807) is 12.0 Å². The standard InChI is InChI=1S/C32H45N7O5/c1-5-26(40)39-17-16-38(18-21(39)12-14-33)30-23-11-13-32(20-37(3)28-24(42-4)9-6-10-25(28)44-32)29(41)27(23)34-31(35-30)43-19-22-8-7-15-36(22)2/h5-6,9-10,21-23,27,30-31,34-35H,1,7-8,11-13,15-20H2,2-4H3/t21?,22?,23?,27?,30?,31?,32-/m1/s1. The van der Waals surface area contributed by atoms with Gasteiger partial charge in [-0.3, -0.25) is 25.1 Å². The zero-order chi connectivity index (χ0) is 31.0. The fourth-order valence-corrected chi connectivity index (χ4v) is 7.97. The first-order chi connectivity index (χ1) is 21.3. The number of methoxy groups -OCH3 is 1. The SMILES string of the molecule is C=CC(=O)N1CCN(C2NC(OCC3CCCN3C)NC3C(=O)[C@@]4(CCC32)CN(C)c2c(OC)cccc2O4)CC1CC#N. The Morgan fingerprint density at radius 3 is 2.80 bits per heavy atom. The molecule has 0 aromatic heterocycles. The summed E-state index contributed by atoms with van der Waals surface area (Å²) in [5.74, 6) is 1.18. The number of hydrogen-bond acceptors (Lipinski definition) is 11. The number of ketones is 1. The normalized spacial score (nSPS) is 34.2. The Bertz CT molecular complexity index is 1300. The molecule has 12 heteroatoms. The molecule has 44 heavy (non-hydrogen) atoms. The van der Waals surface area contributed by atoms with Gasteiger partial charge in [0.05, 0.1) is 51.0 Å². The summed E-state index contributed by atoms with van der Waals surface area (Å²) in [5.41, 5.74) is -0.150. The van der Waals surface area contributed by atoms with Crippen molar-refractivity contribution >= 4 is 17.4 Å². The number of piperazine rings is 1.